The fourth-order valence-corrected chi connectivity index (χ4v) is 0.542. The summed E-state index contributed by atoms with van der Waals surface area (Å²) >= 11 is 0. The van der Waals surface area contributed by atoms with Crippen LogP contribution in [0.5, 0.6) is 0 Å². The number of allylic oxidation sites excluding steroid dienone is 2. The smallest absolute Gasteiger partial charge is 0.201 e. The molecule has 0 saturated carbocycles. The van der Waals surface area contributed by atoms with E-state index in [4.69, 9.17) is 0 Å². The molecule has 0 spiro atoms. The maximum absolute atomic E-state index is 12.0. The highest BCUT2D eigenvalue weighted by molar-refractivity contribution is 5.38. The monoisotopic (exact) mass is 186 g/mol. The summed E-state index contributed by atoms with van der Waals surface area (Å²) in [7, 11) is 0. The van der Waals surface area contributed by atoms with Gasteiger partial charge < -0.3 is 0 Å². The maximum atomic E-state index is 12.0. The third-order valence-corrected chi connectivity index (χ3v) is 1.12. The average molecular weight is 186 g/mol. The first-order chi connectivity index (χ1) is 5.27. The van der Waals surface area contributed by atoms with Gasteiger partial charge in [0.2, 0.25) is 11.7 Å². The predicted molar refractivity (Wildman–Crippen MR) is 26.9 cm³/mol. The van der Waals surface area contributed by atoms with Crippen LogP contribution in [0.2, 0.25) is 0 Å². The third-order valence-electron chi connectivity index (χ3n) is 1.12. The van der Waals surface area contributed by atoms with Gasteiger partial charge in [-0.1, -0.05) is 0 Å². The summed E-state index contributed by atoms with van der Waals surface area (Å²) in [6.07, 6.45) is 0. The number of rotatable bonds is 0. The fraction of sp³-hybridized carbons (Fsp3) is 0.333. The quantitative estimate of drug-likeness (QED) is 0.402. The van der Waals surface area contributed by atoms with E-state index in [0.717, 1.165) is 0 Å². The number of halogens is 6. The summed E-state index contributed by atoms with van der Waals surface area (Å²) in [5.41, 5.74) is 0. The third kappa shape index (κ3) is 1.15. The predicted octanol–water partition coefficient (Wildman–Crippen LogP) is 2.42. The van der Waals surface area contributed by atoms with Gasteiger partial charge in [-0.05, 0) is 11.8 Å². The first-order valence-electron chi connectivity index (χ1n) is 2.63. The van der Waals surface area contributed by atoms with Gasteiger partial charge in [0.05, 0.1) is 0 Å². The van der Waals surface area contributed by atoms with E-state index < -0.39 is 23.5 Å². The SMILES string of the molecule is FC1=C(F)C(F)(F)C#CC1(F)F. The van der Waals surface area contributed by atoms with Crippen LogP contribution in [0.25, 0.3) is 0 Å². The molecule has 0 saturated heterocycles. The standard InChI is InChI=1S/C6F6/c7-3-4(8)6(11,12)2-1-5(3,9)10. The lowest BCUT2D eigenvalue weighted by Crippen LogP contribution is -2.27. The van der Waals surface area contributed by atoms with Crippen molar-refractivity contribution in [2.75, 3.05) is 0 Å². The first kappa shape index (κ1) is 8.97. The molecular formula is C6F6. The Bertz CT molecular complexity index is 274. The molecular weight excluding hydrogens is 186 g/mol. The Balaban J connectivity index is 3.25. The molecule has 0 atom stereocenters. The normalized spacial score (nSPS) is 24.8. The molecule has 1 aliphatic carbocycles. The topological polar surface area (TPSA) is 0 Å². The first-order valence-corrected chi connectivity index (χ1v) is 2.63. The number of hydrogen-bond acceptors (Lipinski definition) is 0. The second kappa shape index (κ2) is 2.19. The van der Waals surface area contributed by atoms with E-state index >= 15 is 0 Å². The van der Waals surface area contributed by atoms with Crippen LogP contribution >= 0.6 is 0 Å². The molecule has 66 valence electrons. The summed E-state index contributed by atoms with van der Waals surface area (Å²) < 4.78 is 72.1. The highest BCUT2D eigenvalue weighted by Crippen LogP contribution is 2.38. The van der Waals surface area contributed by atoms with Gasteiger partial charge >= 0.3 is 11.8 Å². The summed E-state index contributed by atoms with van der Waals surface area (Å²) in [5.74, 6) is -13.3. The van der Waals surface area contributed by atoms with Gasteiger partial charge in [-0.3, -0.25) is 0 Å². The molecule has 1 rings (SSSR count). The van der Waals surface area contributed by atoms with Crippen molar-refractivity contribution in [3.05, 3.63) is 11.7 Å². The lowest BCUT2D eigenvalue weighted by atomic mass is 10.1. The molecule has 12 heavy (non-hydrogen) atoms. The van der Waals surface area contributed by atoms with Crippen LogP contribution in [-0.2, 0) is 0 Å². The van der Waals surface area contributed by atoms with Gasteiger partial charge in [-0.15, -0.1) is 0 Å². The van der Waals surface area contributed by atoms with Crippen LogP contribution in [-0.4, -0.2) is 11.8 Å². The van der Waals surface area contributed by atoms with Crippen molar-refractivity contribution in [1.29, 1.82) is 0 Å². The second-order valence-corrected chi connectivity index (χ2v) is 2.03. The van der Waals surface area contributed by atoms with Crippen molar-refractivity contribution < 1.29 is 26.3 Å². The highest BCUT2D eigenvalue weighted by Gasteiger charge is 2.49. The molecule has 0 heterocycles. The van der Waals surface area contributed by atoms with E-state index in [9.17, 15) is 26.3 Å². The minimum absolute atomic E-state index is 0.623. The van der Waals surface area contributed by atoms with Crippen molar-refractivity contribution in [2.24, 2.45) is 0 Å². The number of alkyl halides is 4. The van der Waals surface area contributed by atoms with Gasteiger partial charge in [-0.2, -0.15) is 17.6 Å². The van der Waals surface area contributed by atoms with Gasteiger partial charge in [0, 0.05) is 0 Å². The molecule has 0 N–H and O–H groups in total. The summed E-state index contributed by atoms with van der Waals surface area (Å²) in [4.78, 5) is 0. The van der Waals surface area contributed by atoms with Crippen LogP contribution in [0, 0.1) is 11.8 Å². The molecule has 1 aliphatic rings. The van der Waals surface area contributed by atoms with E-state index in [0.29, 0.717) is 11.8 Å². The Labute approximate surface area is 62.9 Å². The van der Waals surface area contributed by atoms with Crippen molar-refractivity contribution in [1.82, 2.24) is 0 Å². The number of hydrogen-bond donors (Lipinski definition) is 0. The minimum atomic E-state index is -4.44. The van der Waals surface area contributed by atoms with E-state index in [1.807, 2.05) is 0 Å². The van der Waals surface area contributed by atoms with Gasteiger partial charge in [0.15, 0.2) is 0 Å². The lowest BCUT2D eigenvalue weighted by molar-refractivity contribution is 0.0308. The maximum Gasteiger partial charge on any atom is 0.362 e. The van der Waals surface area contributed by atoms with Crippen LogP contribution in [0.15, 0.2) is 11.7 Å². The lowest BCUT2D eigenvalue weighted by Gasteiger charge is -2.15. The van der Waals surface area contributed by atoms with Gasteiger partial charge in [0.1, 0.15) is 0 Å². The molecule has 0 radical (unpaired) electrons. The summed E-state index contributed by atoms with van der Waals surface area (Å²) in [6, 6.07) is 0. The second-order valence-electron chi connectivity index (χ2n) is 2.03. The molecule has 0 bridgehead atoms. The Morgan fingerprint density at radius 1 is 0.750 bits per heavy atom. The zero-order valence-corrected chi connectivity index (χ0v) is 5.27. The van der Waals surface area contributed by atoms with Crippen molar-refractivity contribution in [3.63, 3.8) is 0 Å². The highest BCUT2D eigenvalue weighted by atomic mass is 19.3. The molecule has 6 heteroatoms. The summed E-state index contributed by atoms with van der Waals surface area (Å²) in [5, 5.41) is 0. The van der Waals surface area contributed by atoms with Crippen LogP contribution in [0.3, 0.4) is 0 Å². The largest absolute Gasteiger partial charge is 0.362 e. The molecule has 0 aromatic heterocycles. The molecule has 0 aromatic carbocycles. The van der Waals surface area contributed by atoms with E-state index in [2.05, 4.69) is 0 Å². The molecule has 0 aliphatic heterocycles. The van der Waals surface area contributed by atoms with Crippen LogP contribution in [0.4, 0.5) is 26.3 Å². The molecule has 0 nitrogen and oxygen atoms in total. The van der Waals surface area contributed by atoms with Crippen LogP contribution < -0.4 is 0 Å². The summed E-state index contributed by atoms with van der Waals surface area (Å²) in [6.45, 7) is 0. The van der Waals surface area contributed by atoms with E-state index in [-0.39, 0.29) is 0 Å². The molecule has 0 amide bonds. The van der Waals surface area contributed by atoms with Gasteiger partial charge in [-0.25, -0.2) is 8.78 Å². The molecule has 0 aromatic rings. The van der Waals surface area contributed by atoms with E-state index in [1.54, 1.807) is 0 Å². The molecule has 0 unspecified atom stereocenters. The fourth-order valence-electron chi connectivity index (χ4n) is 0.542. The average Bonchev–Trinajstić information content (AvgIpc) is 1.96. The Morgan fingerprint density at radius 3 is 1.25 bits per heavy atom. The van der Waals surface area contributed by atoms with Gasteiger partial charge in [0.25, 0.3) is 0 Å². The zero-order chi connectivity index (χ0) is 9.57. The van der Waals surface area contributed by atoms with Crippen molar-refractivity contribution >= 4 is 0 Å². The van der Waals surface area contributed by atoms with Crippen LogP contribution in [0.1, 0.15) is 0 Å². The van der Waals surface area contributed by atoms with E-state index in [1.165, 1.54) is 0 Å². The Morgan fingerprint density at radius 2 is 1.00 bits per heavy atom. The van der Waals surface area contributed by atoms with Crippen molar-refractivity contribution in [3.8, 4) is 11.8 Å². The van der Waals surface area contributed by atoms with Crippen molar-refractivity contribution in [2.45, 2.75) is 11.8 Å². The zero-order valence-electron chi connectivity index (χ0n) is 5.27. The Hall–Kier alpha value is -1.12. The Kier molecular flexibility index (Phi) is 1.63. The molecule has 0 fully saturated rings. The minimum Gasteiger partial charge on any atom is -0.201 e.